The van der Waals surface area contributed by atoms with E-state index < -0.39 is 0 Å². The van der Waals surface area contributed by atoms with Gasteiger partial charge in [0.15, 0.2) is 0 Å². The first kappa shape index (κ1) is 17.3. The van der Waals surface area contributed by atoms with Crippen molar-refractivity contribution in [1.82, 2.24) is 9.97 Å². The second-order valence-electron chi connectivity index (χ2n) is 6.52. The molecule has 0 aliphatic carbocycles. The number of halogens is 1. The molecule has 4 aromatic rings. The van der Waals surface area contributed by atoms with Gasteiger partial charge in [0, 0.05) is 16.6 Å². The number of nitrogens with zero attached hydrogens (tertiary/aromatic N) is 3. The summed E-state index contributed by atoms with van der Waals surface area (Å²) in [5.74, 6) is 0.520. The highest BCUT2D eigenvalue weighted by Gasteiger charge is 2.37. The van der Waals surface area contributed by atoms with Crippen molar-refractivity contribution in [3.8, 4) is 0 Å². The van der Waals surface area contributed by atoms with Crippen molar-refractivity contribution in [1.29, 1.82) is 0 Å². The Labute approximate surface area is 170 Å². The molecule has 0 saturated carbocycles. The van der Waals surface area contributed by atoms with Crippen LogP contribution >= 0.6 is 11.6 Å². The predicted octanol–water partition coefficient (Wildman–Crippen LogP) is 4.83. The van der Waals surface area contributed by atoms with Crippen molar-refractivity contribution in [2.24, 2.45) is 0 Å². The van der Waals surface area contributed by atoms with Crippen molar-refractivity contribution >= 4 is 51.6 Å². The molecule has 3 heterocycles. The number of nitrogens with one attached hydrogen (secondary N) is 1. The maximum atomic E-state index is 12.7. The predicted molar refractivity (Wildman–Crippen MR) is 112 cm³/mol. The molecule has 0 fully saturated rings. The Morgan fingerprint density at radius 2 is 1.62 bits per heavy atom. The van der Waals surface area contributed by atoms with Gasteiger partial charge in [0.2, 0.25) is 0 Å². The van der Waals surface area contributed by atoms with Crippen LogP contribution in [0.2, 0.25) is 5.02 Å². The zero-order chi connectivity index (χ0) is 20.0. The highest BCUT2D eigenvalue weighted by molar-refractivity contribution is 6.34. The number of aromatic nitrogens is 2. The van der Waals surface area contributed by atoms with E-state index in [1.807, 2.05) is 24.3 Å². The van der Waals surface area contributed by atoms with Gasteiger partial charge in [-0.05, 0) is 47.9 Å². The Balaban J connectivity index is 1.51. The molecule has 0 unspecified atom stereocenters. The highest BCUT2D eigenvalue weighted by atomic mass is 35.5. The van der Waals surface area contributed by atoms with Gasteiger partial charge in [-0.1, -0.05) is 35.9 Å². The largest absolute Gasteiger partial charge is 0.324 e. The van der Waals surface area contributed by atoms with E-state index in [0.717, 1.165) is 15.7 Å². The van der Waals surface area contributed by atoms with Gasteiger partial charge >= 0.3 is 0 Å². The van der Waals surface area contributed by atoms with Crippen molar-refractivity contribution in [2.75, 3.05) is 10.2 Å². The minimum Gasteiger partial charge on any atom is -0.324 e. The number of benzene rings is 2. The third-order valence-corrected chi connectivity index (χ3v) is 4.97. The SMILES string of the molecule is O=C1c2ccccc2C(=O)N1c1cccc(Nc2nccc3ccc(Cl)cc23)n1. The second-order valence-corrected chi connectivity index (χ2v) is 6.96. The molecule has 0 atom stereocenters. The molecule has 2 aromatic heterocycles. The lowest BCUT2D eigenvalue weighted by Gasteiger charge is -2.14. The average molecular weight is 401 g/mol. The Morgan fingerprint density at radius 3 is 2.38 bits per heavy atom. The van der Waals surface area contributed by atoms with Crippen LogP contribution in [-0.2, 0) is 0 Å². The number of carbonyl (C=O) groups is 2. The van der Waals surface area contributed by atoms with Crippen LogP contribution in [0.5, 0.6) is 0 Å². The summed E-state index contributed by atoms with van der Waals surface area (Å²) in [4.78, 5) is 35.3. The maximum absolute atomic E-state index is 12.7. The maximum Gasteiger partial charge on any atom is 0.267 e. The van der Waals surface area contributed by atoms with Gasteiger partial charge in [-0.25, -0.2) is 14.9 Å². The van der Waals surface area contributed by atoms with E-state index in [2.05, 4.69) is 15.3 Å². The van der Waals surface area contributed by atoms with Gasteiger partial charge in [-0.2, -0.15) is 0 Å². The van der Waals surface area contributed by atoms with Gasteiger partial charge in [0.1, 0.15) is 17.5 Å². The molecule has 0 bridgehead atoms. The molecule has 0 radical (unpaired) electrons. The number of pyridine rings is 2. The molecule has 1 aliphatic rings. The van der Waals surface area contributed by atoms with E-state index in [-0.39, 0.29) is 17.6 Å². The highest BCUT2D eigenvalue weighted by Crippen LogP contribution is 2.30. The molecule has 0 saturated heterocycles. The van der Waals surface area contributed by atoms with Crippen molar-refractivity contribution in [2.45, 2.75) is 0 Å². The molecule has 0 spiro atoms. The van der Waals surface area contributed by atoms with Gasteiger partial charge in [-0.3, -0.25) is 9.59 Å². The fourth-order valence-corrected chi connectivity index (χ4v) is 3.55. The third kappa shape index (κ3) is 2.90. The molecule has 6 nitrogen and oxygen atoms in total. The quantitative estimate of drug-likeness (QED) is 0.498. The van der Waals surface area contributed by atoms with E-state index in [0.29, 0.717) is 27.8 Å². The average Bonchev–Trinajstić information content (AvgIpc) is 2.99. The van der Waals surface area contributed by atoms with Gasteiger partial charge < -0.3 is 5.32 Å². The minimum atomic E-state index is -0.384. The first-order chi connectivity index (χ1) is 14.1. The lowest BCUT2D eigenvalue weighted by atomic mass is 10.1. The molecule has 5 rings (SSSR count). The van der Waals surface area contributed by atoms with Crippen molar-refractivity contribution in [3.63, 3.8) is 0 Å². The zero-order valence-corrected chi connectivity index (χ0v) is 15.7. The van der Waals surface area contributed by atoms with Gasteiger partial charge in [0.05, 0.1) is 11.1 Å². The lowest BCUT2D eigenvalue weighted by molar-refractivity contribution is 0.0925. The standard InChI is InChI=1S/C22H13ClN4O2/c23-14-9-8-13-10-11-24-20(17(13)12-14)26-18-6-3-7-19(25-18)27-21(28)15-4-1-2-5-16(15)22(27)29/h1-12H,(H,24,25,26). The molecule has 2 aromatic carbocycles. The summed E-state index contributed by atoms with van der Waals surface area (Å²) in [7, 11) is 0. The number of anilines is 3. The second kappa shape index (κ2) is 6.68. The molecule has 2 amide bonds. The van der Waals surface area contributed by atoms with E-state index in [1.165, 1.54) is 0 Å². The molecule has 29 heavy (non-hydrogen) atoms. The minimum absolute atomic E-state index is 0.250. The number of hydrogen-bond acceptors (Lipinski definition) is 5. The monoisotopic (exact) mass is 400 g/mol. The van der Waals surface area contributed by atoms with Crippen LogP contribution in [0.15, 0.2) is 72.9 Å². The van der Waals surface area contributed by atoms with Crippen LogP contribution in [0.4, 0.5) is 17.5 Å². The fraction of sp³-hybridized carbons (Fsp3) is 0. The lowest BCUT2D eigenvalue weighted by Crippen LogP contribution is -2.30. The number of rotatable bonds is 3. The molecular formula is C22H13ClN4O2. The van der Waals surface area contributed by atoms with E-state index in [4.69, 9.17) is 11.6 Å². The summed E-state index contributed by atoms with van der Waals surface area (Å²) < 4.78 is 0. The van der Waals surface area contributed by atoms with Crippen LogP contribution in [0.3, 0.4) is 0 Å². The van der Waals surface area contributed by atoms with Crippen molar-refractivity contribution in [3.05, 3.63) is 89.1 Å². The number of amides is 2. The first-order valence-electron chi connectivity index (χ1n) is 8.88. The van der Waals surface area contributed by atoms with Crippen LogP contribution in [0.1, 0.15) is 20.7 Å². The van der Waals surface area contributed by atoms with Crippen molar-refractivity contribution < 1.29 is 9.59 Å². The summed E-state index contributed by atoms with van der Waals surface area (Å²) >= 11 is 6.13. The Bertz CT molecular complexity index is 1270. The molecule has 1 aliphatic heterocycles. The van der Waals surface area contributed by atoms with Gasteiger partial charge in [0.25, 0.3) is 11.8 Å². The zero-order valence-electron chi connectivity index (χ0n) is 15.0. The smallest absolute Gasteiger partial charge is 0.267 e. The first-order valence-corrected chi connectivity index (χ1v) is 9.26. The third-order valence-electron chi connectivity index (χ3n) is 4.73. The van der Waals surface area contributed by atoms with Gasteiger partial charge in [-0.15, -0.1) is 0 Å². The van der Waals surface area contributed by atoms with Crippen LogP contribution in [0, 0.1) is 0 Å². The normalized spacial score (nSPS) is 13.1. The molecule has 7 heteroatoms. The summed E-state index contributed by atoms with van der Waals surface area (Å²) in [6.45, 7) is 0. The van der Waals surface area contributed by atoms with Crippen LogP contribution in [-0.4, -0.2) is 21.8 Å². The number of hydrogen-bond donors (Lipinski definition) is 1. The van der Waals surface area contributed by atoms with E-state index in [9.17, 15) is 9.59 Å². The molecular weight excluding hydrogens is 388 g/mol. The summed E-state index contributed by atoms with van der Waals surface area (Å²) in [6, 6.07) is 19.3. The summed E-state index contributed by atoms with van der Waals surface area (Å²) in [5.41, 5.74) is 0.756. The Hall–Kier alpha value is -3.77. The number of carbonyl (C=O) groups excluding carboxylic acids is 2. The fourth-order valence-electron chi connectivity index (χ4n) is 3.38. The Kier molecular flexibility index (Phi) is 4.00. The number of imide groups is 1. The number of fused-ring (bicyclic) bond motifs is 2. The Morgan fingerprint density at radius 1 is 0.862 bits per heavy atom. The summed E-state index contributed by atoms with van der Waals surface area (Å²) in [6.07, 6.45) is 1.69. The molecule has 140 valence electrons. The summed E-state index contributed by atoms with van der Waals surface area (Å²) in [5, 5.41) is 5.57. The van der Waals surface area contributed by atoms with Crippen LogP contribution in [0.25, 0.3) is 10.8 Å². The van der Waals surface area contributed by atoms with Crippen LogP contribution < -0.4 is 10.2 Å². The molecule has 1 N–H and O–H groups in total. The topological polar surface area (TPSA) is 75.2 Å². The van der Waals surface area contributed by atoms with E-state index >= 15 is 0 Å². The van der Waals surface area contributed by atoms with E-state index in [1.54, 1.807) is 48.7 Å².